The molecule has 6 nitrogen and oxygen atoms in total. The van der Waals surface area contributed by atoms with Gasteiger partial charge >= 0.3 is 0 Å². The van der Waals surface area contributed by atoms with Gasteiger partial charge in [0, 0.05) is 24.2 Å². The lowest BCUT2D eigenvalue weighted by atomic mass is 10.0. The fraction of sp³-hybridized carbons (Fsp3) is 0.500. The van der Waals surface area contributed by atoms with E-state index in [-0.39, 0.29) is 23.7 Å². The van der Waals surface area contributed by atoms with Crippen LogP contribution in [0.4, 0.5) is 5.69 Å². The van der Waals surface area contributed by atoms with Gasteiger partial charge in [0.05, 0.1) is 11.0 Å². The van der Waals surface area contributed by atoms with Crippen LogP contribution in [-0.2, 0) is 0 Å². The number of aliphatic hydroxyl groups is 1. The first-order chi connectivity index (χ1) is 9.58. The number of rotatable bonds is 5. The minimum Gasteiger partial charge on any atom is -0.391 e. The van der Waals surface area contributed by atoms with Crippen LogP contribution >= 0.6 is 0 Å². The molecule has 1 aliphatic carbocycles. The first kappa shape index (κ1) is 14.5. The second kappa shape index (κ2) is 6.47. The number of nitrogens with one attached hydrogen (secondary N) is 1. The van der Waals surface area contributed by atoms with Gasteiger partial charge in [-0.2, -0.15) is 0 Å². The van der Waals surface area contributed by atoms with Crippen molar-refractivity contribution < 1.29 is 14.8 Å². The van der Waals surface area contributed by atoms with Gasteiger partial charge in [0.1, 0.15) is 0 Å². The SMILES string of the molecule is O=C(NCC(O)C1CCCC1)c1cccc([N+](=O)[O-])c1. The van der Waals surface area contributed by atoms with E-state index < -0.39 is 16.9 Å². The van der Waals surface area contributed by atoms with Crippen molar-refractivity contribution in [3.63, 3.8) is 0 Å². The van der Waals surface area contributed by atoms with E-state index in [4.69, 9.17) is 0 Å². The highest BCUT2D eigenvalue weighted by molar-refractivity contribution is 5.94. The molecule has 0 saturated heterocycles. The number of nitro benzene ring substituents is 1. The molecule has 1 aromatic rings. The average molecular weight is 278 g/mol. The largest absolute Gasteiger partial charge is 0.391 e. The smallest absolute Gasteiger partial charge is 0.270 e. The Kier molecular flexibility index (Phi) is 4.68. The molecule has 2 N–H and O–H groups in total. The third kappa shape index (κ3) is 3.54. The Morgan fingerprint density at radius 1 is 1.45 bits per heavy atom. The van der Waals surface area contributed by atoms with Crippen LogP contribution in [0.3, 0.4) is 0 Å². The van der Waals surface area contributed by atoms with Crippen molar-refractivity contribution in [1.29, 1.82) is 0 Å². The number of nitrogens with zero attached hydrogens (tertiary/aromatic N) is 1. The molecule has 1 unspecified atom stereocenters. The lowest BCUT2D eigenvalue weighted by Crippen LogP contribution is -2.35. The summed E-state index contributed by atoms with van der Waals surface area (Å²) >= 11 is 0. The number of carbonyl (C=O) groups is 1. The first-order valence-electron chi connectivity index (χ1n) is 6.78. The Balaban J connectivity index is 1.91. The molecule has 0 aromatic heterocycles. The molecule has 0 radical (unpaired) electrons. The number of carbonyl (C=O) groups excluding carboxylic acids is 1. The van der Waals surface area contributed by atoms with Gasteiger partial charge < -0.3 is 10.4 Å². The average Bonchev–Trinajstić information content (AvgIpc) is 2.98. The zero-order valence-corrected chi connectivity index (χ0v) is 11.1. The standard InChI is InChI=1S/C14H18N2O4/c17-13(10-4-1-2-5-10)9-15-14(18)11-6-3-7-12(8-11)16(19)20/h3,6-8,10,13,17H,1-2,4-5,9H2,(H,15,18). The number of benzene rings is 1. The quantitative estimate of drug-likeness (QED) is 0.635. The summed E-state index contributed by atoms with van der Waals surface area (Å²) in [5.41, 5.74) is 0.117. The number of amides is 1. The molecule has 1 aromatic carbocycles. The minimum atomic E-state index is -0.542. The minimum absolute atomic E-state index is 0.117. The molecule has 0 heterocycles. The van der Waals surface area contributed by atoms with E-state index >= 15 is 0 Å². The highest BCUT2D eigenvalue weighted by Gasteiger charge is 2.23. The van der Waals surface area contributed by atoms with Crippen LogP contribution in [0.15, 0.2) is 24.3 Å². The Hall–Kier alpha value is -1.95. The van der Waals surface area contributed by atoms with Gasteiger partial charge in [-0.15, -0.1) is 0 Å². The van der Waals surface area contributed by atoms with E-state index in [9.17, 15) is 20.0 Å². The maximum atomic E-state index is 11.9. The van der Waals surface area contributed by atoms with E-state index in [1.807, 2.05) is 0 Å². The maximum absolute atomic E-state index is 11.9. The zero-order valence-electron chi connectivity index (χ0n) is 11.1. The van der Waals surface area contributed by atoms with Crippen LogP contribution in [0.1, 0.15) is 36.0 Å². The van der Waals surface area contributed by atoms with Crippen LogP contribution in [0.2, 0.25) is 0 Å². The van der Waals surface area contributed by atoms with Gasteiger partial charge in [-0.25, -0.2) is 0 Å². The van der Waals surface area contributed by atoms with Crippen molar-refractivity contribution in [3.8, 4) is 0 Å². The fourth-order valence-corrected chi connectivity index (χ4v) is 2.57. The summed E-state index contributed by atoms with van der Waals surface area (Å²) in [6, 6.07) is 5.56. The van der Waals surface area contributed by atoms with E-state index in [0.29, 0.717) is 0 Å². The molecule has 6 heteroatoms. The Labute approximate surface area is 117 Å². The molecular formula is C14H18N2O4. The topological polar surface area (TPSA) is 92.5 Å². The summed E-state index contributed by atoms with van der Waals surface area (Å²) in [4.78, 5) is 22.0. The molecule has 108 valence electrons. The van der Waals surface area contributed by atoms with Crippen molar-refractivity contribution in [1.82, 2.24) is 5.32 Å². The van der Waals surface area contributed by atoms with Crippen molar-refractivity contribution in [3.05, 3.63) is 39.9 Å². The number of aliphatic hydroxyl groups excluding tert-OH is 1. The van der Waals surface area contributed by atoms with Gasteiger partial charge in [-0.05, 0) is 24.8 Å². The summed E-state index contributed by atoms with van der Waals surface area (Å²) in [5.74, 6) is -0.147. The summed E-state index contributed by atoms with van der Waals surface area (Å²) < 4.78 is 0. The fourth-order valence-electron chi connectivity index (χ4n) is 2.57. The van der Waals surface area contributed by atoms with Crippen LogP contribution in [0.25, 0.3) is 0 Å². The summed E-state index contributed by atoms with van der Waals surface area (Å²) in [6.07, 6.45) is 3.70. The second-order valence-electron chi connectivity index (χ2n) is 5.13. The van der Waals surface area contributed by atoms with Crippen LogP contribution in [0.5, 0.6) is 0 Å². The Morgan fingerprint density at radius 3 is 2.80 bits per heavy atom. The summed E-state index contributed by atoms with van der Waals surface area (Å²) in [7, 11) is 0. The molecule has 1 aliphatic rings. The molecule has 1 fully saturated rings. The molecular weight excluding hydrogens is 260 g/mol. The predicted octanol–water partition coefficient (Wildman–Crippen LogP) is 1.88. The normalized spacial score (nSPS) is 16.9. The monoisotopic (exact) mass is 278 g/mol. The first-order valence-corrected chi connectivity index (χ1v) is 6.78. The molecule has 1 amide bonds. The van der Waals surface area contributed by atoms with Crippen LogP contribution in [-0.4, -0.2) is 28.6 Å². The zero-order chi connectivity index (χ0) is 14.5. The van der Waals surface area contributed by atoms with Gasteiger partial charge in [-0.3, -0.25) is 14.9 Å². The number of non-ortho nitro benzene ring substituents is 1. The lowest BCUT2D eigenvalue weighted by Gasteiger charge is -2.18. The van der Waals surface area contributed by atoms with Crippen LogP contribution in [0, 0.1) is 16.0 Å². The van der Waals surface area contributed by atoms with Gasteiger partial charge in [-0.1, -0.05) is 18.9 Å². The molecule has 2 rings (SSSR count). The third-order valence-electron chi connectivity index (χ3n) is 3.73. The number of hydrogen-bond donors (Lipinski definition) is 2. The van der Waals surface area contributed by atoms with Gasteiger partial charge in [0.15, 0.2) is 0 Å². The Morgan fingerprint density at radius 2 is 2.15 bits per heavy atom. The van der Waals surface area contributed by atoms with Crippen molar-refractivity contribution in [2.45, 2.75) is 31.8 Å². The molecule has 0 spiro atoms. The van der Waals surface area contributed by atoms with Crippen LogP contribution < -0.4 is 5.32 Å². The number of nitro groups is 1. The van der Waals surface area contributed by atoms with E-state index in [0.717, 1.165) is 25.7 Å². The Bertz CT molecular complexity index is 498. The maximum Gasteiger partial charge on any atom is 0.270 e. The van der Waals surface area contributed by atoms with Crippen molar-refractivity contribution in [2.24, 2.45) is 5.92 Å². The van der Waals surface area contributed by atoms with E-state index in [1.54, 1.807) is 0 Å². The van der Waals surface area contributed by atoms with E-state index in [2.05, 4.69) is 5.32 Å². The lowest BCUT2D eigenvalue weighted by molar-refractivity contribution is -0.384. The van der Waals surface area contributed by atoms with E-state index in [1.165, 1.54) is 24.3 Å². The summed E-state index contributed by atoms with van der Waals surface area (Å²) in [5, 5.41) is 23.2. The van der Waals surface area contributed by atoms with Crippen molar-refractivity contribution in [2.75, 3.05) is 6.54 Å². The second-order valence-corrected chi connectivity index (χ2v) is 5.13. The number of hydrogen-bond acceptors (Lipinski definition) is 4. The summed E-state index contributed by atoms with van der Waals surface area (Å²) in [6.45, 7) is 0.187. The molecule has 1 saturated carbocycles. The molecule has 1 atom stereocenters. The molecule has 20 heavy (non-hydrogen) atoms. The van der Waals surface area contributed by atoms with Crippen molar-refractivity contribution >= 4 is 11.6 Å². The highest BCUT2D eigenvalue weighted by Crippen LogP contribution is 2.27. The van der Waals surface area contributed by atoms with Gasteiger partial charge in [0.25, 0.3) is 11.6 Å². The molecule has 0 aliphatic heterocycles. The van der Waals surface area contributed by atoms with Gasteiger partial charge in [0.2, 0.25) is 0 Å². The third-order valence-corrected chi connectivity index (χ3v) is 3.73. The highest BCUT2D eigenvalue weighted by atomic mass is 16.6. The predicted molar refractivity (Wildman–Crippen MR) is 73.4 cm³/mol. The molecule has 0 bridgehead atoms.